The molecule has 3 saturated carbocycles. The Kier molecular flexibility index (Phi) is 10.2. The lowest BCUT2D eigenvalue weighted by molar-refractivity contribution is -0.384. The number of hydrogen-bond acceptors (Lipinski definition) is 11. The molecule has 15 heteroatoms. The van der Waals surface area contributed by atoms with Crippen molar-refractivity contribution in [1.29, 1.82) is 0 Å². The Labute approximate surface area is 332 Å². The lowest BCUT2D eigenvalue weighted by Gasteiger charge is -2.64. The molecule has 4 heterocycles. The fraction of sp³-hybridized carbons (Fsp3) is 0.476. The highest BCUT2D eigenvalue weighted by Gasteiger charge is 2.58. The number of piperazine rings is 1. The molecule has 2 aromatic carbocycles. The van der Waals surface area contributed by atoms with Crippen LogP contribution in [0.3, 0.4) is 0 Å². The molecule has 6 aliphatic rings. The molecule has 2 aliphatic heterocycles. The Balaban J connectivity index is 0.924. The maximum absolute atomic E-state index is 13.9. The number of carbonyl (C=O) groups is 1. The molecule has 10 rings (SSSR count). The third-order valence-electron chi connectivity index (χ3n) is 12.9. The van der Waals surface area contributed by atoms with Crippen LogP contribution in [0.15, 0.2) is 77.0 Å². The SMILES string of the molecule is O=C(NS(=O)(=O)c1ccc(NCC2CCOCC2)c([N+](=O)[O-])c1)c1ccc(N2CCN(CC3=C(C45CC(C4)C5)CCCC3)CC2)cc1Oc1cnc2[nH]ccc2c1. The van der Waals surface area contributed by atoms with Gasteiger partial charge < -0.3 is 24.7 Å². The number of allylic oxidation sites excluding steroid dienone is 1. The minimum absolute atomic E-state index is 0.00950. The molecular weight excluding hydrogens is 747 g/mol. The molecule has 3 N–H and O–H groups in total. The Bertz CT molecular complexity index is 2310. The van der Waals surface area contributed by atoms with E-state index in [4.69, 9.17) is 9.47 Å². The van der Waals surface area contributed by atoms with E-state index in [9.17, 15) is 23.3 Å². The Morgan fingerprint density at radius 3 is 2.56 bits per heavy atom. The molecule has 300 valence electrons. The van der Waals surface area contributed by atoms with Gasteiger partial charge in [0.05, 0.1) is 21.6 Å². The molecule has 4 aromatic rings. The number of nitrogens with one attached hydrogen (secondary N) is 3. The first kappa shape index (κ1) is 37.6. The number of hydrogen-bond donors (Lipinski definition) is 3. The van der Waals surface area contributed by atoms with Crippen molar-refractivity contribution >= 4 is 44.0 Å². The number of nitro benzene ring substituents is 1. The molecule has 2 aromatic heterocycles. The number of sulfonamides is 1. The van der Waals surface area contributed by atoms with E-state index >= 15 is 0 Å². The fourth-order valence-electron chi connectivity index (χ4n) is 9.57. The van der Waals surface area contributed by atoms with Gasteiger partial charge in [-0.2, -0.15) is 0 Å². The lowest BCUT2D eigenvalue weighted by Crippen LogP contribution is -2.54. The molecule has 2 bridgehead atoms. The summed E-state index contributed by atoms with van der Waals surface area (Å²) >= 11 is 0. The van der Waals surface area contributed by atoms with Gasteiger partial charge in [-0.15, -0.1) is 0 Å². The largest absolute Gasteiger partial charge is 0.455 e. The van der Waals surface area contributed by atoms with Crippen LogP contribution >= 0.6 is 0 Å². The van der Waals surface area contributed by atoms with E-state index in [1.807, 2.05) is 12.1 Å². The van der Waals surface area contributed by atoms with E-state index in [-0.39, 0.29) is 22.9 Å². The quantitative estimate of drug-likeness (QED) is 0.0722. The van der Waals surface area contributed by atoms with Crippen LogP contribution in [0.4, 0.5) is 17.1 Å². The number of anilines is 2. The second kappa shape index (κ2) is 15.4. The molecule has 0 spiro atoms. The highest BCUT2D eigenvalue weighted by molar-refractivity contribution is 7.90. The van der Waals surface area contributed by atoms with E-state index in [0.29, 0.717) is 36.6 Å². The van der Waals surface area contributed by atoms with Crippen LogP contribution in [0.2, 0.25) is 0 Å². The molecule has 0 unspecified atom stereocenters. The van der Waals surface area contributed by atoms with Crippen LogP contribution in [0.5, 0.6) is 11.5 Å². The van der Waals surface area contributed by atoms with E-state index in [2.05, 4.69) is 29.8 Å². The van der Waals surface area contributed by atoms with E-state index in [0.717, 1.165) is 68.6 Å². The van der Waals surface area contributed by atoms with Crippen molar-refractivity contribution < 1.29 is 27.6 Å². The van der Waals surface area contributed by atoms with Crippen LogP contribution in [0.25, 0.3) is 11.0 Å². The van der Waals surface area contributed by atoms with Gasteiger partial charge >= 0.3 is 0 Å². The maximum Gasteiger partial charge on any atom is 0.293 e. The number of rotatable bonds is 13. The van der Waals surface area contributed by atoms with Crippen molar-refractivity contribution in [2.45, 2.75) is 62.7 Å². The lowest BCUT2D eigenvalue weighted by atomic mass is 9.40. The van der Waals surface area contributed by atoms with Crippen molar-refractivity contribution in [3.05, 3.63) is 87.7 Å². The summed E-state index contributed by atoms with van der Waals surface area (Å²) in [5.74, 6) is 0.869. The van der Waals surface area contributed by atoms with Gasteiger partial charge in [-0.1, -0.05) is 11.1 Å². The first-order valence-corrected chi connectivity index (χ1v) is 21.7. The monoisotopic (exact) mass is 795 g/mol. The van der Waals surface area contributed by atoms with Gasteiger partial charge in [-0.25, -0.2) is 18.1 Å². The van der Waals surface area contributed by atoms with E-state index in [1.165, 1.54) is 57.1 Å². The molecule has 0 atom stereocenters. The van der Waals surface area contributed by atoms with Crippen molar-refractivity contribution in [3.8, 4) is 11.5 Å². The Morgan fingerprint density at radius 1 is 1.02 bits per heavy atom. The van der Waals surface area contributed by atoms with Gasteiger partial charge in [-0.3, -0.25) is 19.8 Å². The average Bonchev–Trinajstić information content (AvgIpc) is 3.65. The number of nitro groups is 1. The van der Waals surface area contributed by atoms with Crippen LogP contribution < -0.4 is 19.7 Å². The van der Waals surface area contributed by atoms with Crippen LogP contribution in [0.1, 0.15) is 68.1 Å². The normalized spacial score (nSPS) is 22.8. The fourth-order valence-corrected chi connectivity index (χ4v) is 10.6. The second-order valence-corrected chi connectivity index (χ2v) is 18.2. The van der Waals surface area contributed by atoms with Gasteiger partial charge in [0, 0.05) is 81.9 Å². The van der Waals surface area contributed by atoms with E-state index < -0.39 is 31.4 Å². The summed E-state index contributed by atoms with van der Waals surface area (Å²) in [7, 11) is -4.52. The second-order valence-electron chi connectivity index (χ2n) is 16.5. The van der Waals surface area contributed by atoms with Crippen molar-refractivity contribution in [3.63, 3.8) is 0 Å². The first-order valence-electron chi connectivity index (χ1n) is 20.2. The Morgan fingerprint density at radius 2 is 1.81 bits per heavy atom. The number of nitrogens with zero attached hydrogens (tertiary/aromatic N) is 4. The maximum atomic E-state index is 13.9. The summed E-state index contributed by atoms with van der Waals surface area (Å²) in [6, 6.07) is 12.4. The van der Waals surface area contributed by atoms with Crippen molar-refractivity contribution in [1.82, 2.24) is 19.6 Å². The Hall–Kier alpha value is -4.99. The molecular formula is C42H49N7O7S. The van der Waals surface area contributed by atoms with Gasteiger partial charge in [0.15, 0.2) is 0 Å². The number of benzene rings is 2. The molecule has 2 saturated heterocycles. The van der Waals surface area contributed by atoms with Crippen LogP contribution in [-0.4, -0.2) is 86.6 Å². The molecule has 57 heavy (non-hydrogen) atoms. The third kappa shape index (κ3) is 7.72. The minimum atomic E-state index is -4.52. The molecule has 4 aliphatic carbocycles. The third-order valence-corrected chi connectivity index (χ3v) is 14.2. The summed E-state index contributed by atoms with van der Waals surface area (Å²) in [4.78, 5) is 37.2. The number of aromatic amines is 1. The standard InChI is InChI=1S/C42H49N7O7S/c50-41(46-57(53,54)34-6-8-37(38(21-34)49(51)52)44-25-28-10-17-55-18-11-28)35-7-5-32(20-39(35)56-33-19-30-9-12-43-40(30)45-26-33)48-15-13-47(14-16-48)27-31-3-1-2-4-36(31)42-22-29(23-42)24-42/h5-9,12,19-21,26,28-29,44H,1-4,10-11,13-18,22-25,27H2,(H,43,45)(H,46,50). The predicted molar refractivity (Wildman–Crippen MR) is 216 cm³/mol. The summed E-state index contributed by atoms with van der Waals surface area (Å²) in [5, 5.41) is 16.0. The van der Waals surface area contributed by atoms with Gasteiger partial charge in [-0.05, 0) is 111 Å². The molecule has 0 radical (unpaired) electrons. The zero-order valence-corrected chi connectivity index (χ0v) is 32.8. The minimum Gasteiger partial charge on any atom is -0.455 e. The average molecular weight is 796 g/mol. The number of aromatic nitrogens is 2. The van der Waals surface area contributed by atoms with E-state index in [1.54, 1.807) is 41.7 Å². The highest BCUT2D eigenvalue weighted by Crippen LogP contribution is 2.69. The smallest absolute Gasteiger partial charge is 0.293 e. The summed E-state index contributed by atoms with van der Waals surface area (Å²) in [5.41, 5.74) is 5.35. The zero-order valence-electron chi connectivity index (χ0n) is 32.0. The van der Waals surface area contributed by atoms with Crippen LogP contribution in [0, 0.1) is 27.4 Å². The van der Waals surface area contributed by atoms with Crippen molar-refractivity contribution in [2.75, 3.05) is 62.7 Å². The summed E-state index contributed by atoms with van der Waals surface area (Å²) < 4.78 is 41.1. The van der Waals surface area contributed by atoms with Crippen molar-refractivity contribution in [2.24, 2.45) is 17.3 Å². The first-order chi connectivity index (χ1) is 27.6. The summed E-state index contributed by atoms with van der Waals surface area (Å²) in [6.07, 6.45) is 14.3. The molecule has 1 amide bonds. The molecule has 5 fully saturated rings. The predicted octanol–water partition coefficient (Wildman–Crippen LogP) is 7.01. The highest BCUT2D eigenvalue weighted by atomic mass is 32.2. The van der Waals surface area contributed by atoms with Gasteiger partial charge in [0.1, 0.15) is 22.8 Å². The van der Waals surface area contributed by atoms with Gasteiger partial charge in [0.25, 0.3) is 21.6 Å². The summed E-state index contributed by atoms with van der Waals surface area (Å²) in [6.45, 7) is 6.22. The number of fused-ring (bicyclic) bond motifs is 1. The molecule has 14 nitrogen and oxygen atoms in total. The van der Waals surface area contributed by atoms with Gasteiger partial charge in [0.2, 0.25) is 0 Å². The number of amides is 1. The number of ether oxygens (including phenoxy) is 2. The number of carbonyl (C=O) groups excluding carboxylic acids is 1. The number of pyridine rings is 1. The zero-order chi connectivity index (χ0) is 39.1. The topological polar surface area (TPSA) is 172 Å². The number of H-pyrrole nitrogens is 1. The van der Waals surface area contributed by atoms with Crippen LogP contribution in [-0.2, 0) is 14.8 Å².